The van der Waals surface area contributed by atoms with Crippen LogP contribution in [-0.2, 0) is 14.3 Å². The summed E-state index contributed by atoms with van der Waals surface area (Å²) in [4.78, 5) is 35.0. The van der Waals surface area contributed by atoms with E-state index in [1.54, 1.807) is 13.8 Å². The molecule has 20 heavy (non-hydrogen) atoms. The third-order valence-electron chi connectivity index (χ3n) is 2.53. The van der Waals surface area contributed by atoms with Crippen molar-refractivity contribution in [1.29, 1.82) is 0 Å². The highest BCUT2D eigenvalue weighted by atomic mass is 32.1. The van der Waals surface area contributed by atoms with E-state index in [-0.39, 0.29) is 6.61 Å². The van der Waals surface area contributed by atoms with Crippen LogP contribution in [0, 0.1) is 13.8 Å². The zero-order chi connectivity index (χ0) is 15.3. The quantitative estimate of drug-likeness (QED) is 0.635. The van der Waals surface area contributed by atoms with E-state index in [1.807, 2.05) is 6.92 Å². The lowest BCUT2D eigenvalue weighted by molar-refractivity contribution is -0.137. The highest BCUT2D eigenvalue weighted by Crippen LogP contribution is 2.31. The number of ether oxygens (including phenoxy) is 1. The molecule has 0 saturated heterocycles. The number of aryl methyl sites for hydroxylation is 1. The summed E-state index contributed by atoms with van der Waals surface area (Å²) in [5, 5.41) is 2.92. The standard InChI is InChI=1S/C13H16N2O4S/c1-4-19-10(17)6-5-9(16)15-13-11(12(14)18)7(2)8(3)20-13/h5-6H,4H2,1-3H3,(H2,14,18)(H,15,16)/b6-5+. The summed E-state index contributed by atoms with van der Waals surface area (Å²) >= 11 is 1.26. The molecule has 0 bridgehead atoms. The van der Waals surface area contributed by atoms with Crippen LogP contribution in [0.5, 0.6) is 0 Å². The average molecular weight is 296 g/mol. The molecule has 0 saturated carbocycles. The SMILES string of the molecule is CCOC(=O)/C=C/C(=O)Nc1sc(C)c(C)c1C(N)=O. The van der Waals surface area contributed by atoms with E-state index in [0.29, 0.717) is 10.6 Å². The molecule has 0 radical (unpaired) electrons. The lowest BCUT2D eigenvalue weighted by Crippen LogP contribution is -2.16. The molecule has 1 rings (SSSR count). The van der Waals surface area contributed by atoms with Crippen LogP contribution in [0.3, 0.4) is 0 Å². The predicted molar refractivity (Wildman–Crippen MR) is 76.7 cm³/mol. The van der Waals surface area contributed by atoms with Gasteiger partial charge in [0.15, 0.2) is 0 Å². The van der Waals surface area contributed by atoms with Crippen molar-refractivity contribution in [3.8, 4) is 0 Å². The van der Waals surface area contributed by atoms with Crippen LogP contribution in [0.2, 0.25) is 0 Å². The van der Waals surface area contributed by atoms with Gasteiger partial charge < -0.3 is 15.8 Å². The van der Waals surface area contributed by atoms with Crippen molar-refractivity contribution >= 4 is 34.1 Å². The van der Waals surface area contributed by atoms with Crippen LogP contribution in [0.15, 0.2) is 12.2 Å². The fraction of sp³-hybridized carbons (Fsp3) is 0.308. The van der Waals surface area contributed by atoms with Gasteiger partial charge in [-0.2, -0.15) is 0 Å². The van der Waals surface area contributed by atoms with E-state index in [0.717, 1.165) is 22.6 Å². The van der Waals surface area contributed by atoms with Crippen LogP contribution in [0.25, 0.3) is 0 Å². The molecule has 0 unspecified atom stereocenters. The van der Waals surface area contributed by atoms with Crippen molar-refractivity contribution in [2.24, 2.45) is 5.73 Å². The predicted octanol–water partition coefficient (Wildman–Crippen LogP) is 1.52. The summed E-state index contributed by atoms with van der Waals surface area (Å²) in [5.41, 5.74) is 6.33. The van der Waals surface area contributed by atoms with E-state index in [4.69, 9.17) is 5.73 Å². The maximum atomic E-state index is 11.7. The summed E-state index contributed by atoms with van der Waals surface area (Å²) < 4.78 is 4.65. The van der Waals surface area contributed by atoms with Gasteiger partial charge in [0, 0.05) is 17.0 Å². The third kappa shape index (κ3) is 3.92. The van der Waals surface area contributed by atoms with Crippen LogP contribution in [0.1, 0.15) is 27.7 Å². The number of thiophene rings is 1. The first-order chi connectivity index (χ1) is 9.36. The molecule has 0 aromatic carbocycles. The Kier molecular flexibility index (Phi) is 5.45. The van der Waals surface area contributed by atoms with Crippen LogP contribution in [-0.4, -0.2) is 24.4 Å². The van der Waals surface area contributed by atoms with Crippen molar-refractivity contribution < 1.29 is 19.1 Å². The second kappa shape index (κ2) is 6.85. The third-order valence-corrected chi connectivity index (χ3v) is 3.65. The van der Waals surface area contributed by atoms with Gasteiger partial charge in [0.25, 0.3) is 5.91 Å². The molecule has 3 N–H and O–H groups in total. The second-order valence-electron chi connectivity index (χ2n) is 3.93. The minimum atomic E-state index is -0.601. The summed E-state index contributed by atoms with van der Waals surface area (Å²) in [6.07, 6.45) is 2.07. The van der Waals surface area contributed by atoms with Gasteiger partial charge >= 0.3 is 5.97 Å². The summed E-state index contributed by atoms with van der Waals surface area (Å²) in [6.45, 7) is 5.49. The van der Waals surface area contributed by atoms with Gasteiger partial charge in [-0.05, 0) is 26.3 Å². The lowest BCUT2D eigenvalue weighted by atomic mass is 10.1. The Labute approximate surface area is 120 Å². The second-order valence-corrected chi connectivity index (χ2v) is 5.15. The highest BCUT2D eigenvalue weighted by molar-refractivity contribution is 7.16. The lowest BCUT2D eigenvalue weighted by Gasteiger charge is -2.02. The molecule has 108 valence electrons. The first-order valence-electron chi connectivity index (χ1n) is 5.92. The minimum Gasteiger partial charge on any atom is -0.463 e. The fourth-order valence-electron chi connectivity index (χ4n) is 1.50. The van der Waals surface area contributed by atoms with Gasteiger partial charge in [-0.1, -0.05) is 0 Å². The molecule has 1 heterocycles. The molecule has 6 nitrogen and oxygen atoms in total. The summed E-state index contributed by atoms with van der Waals surface area (Å²) in [6, 6.07) is 0. The normalized spacial score (nSPS) is 10.6. The van der Waals surface area contributed by atoms with Crippen molar-refractivity contribution in [1.82, 2.24) is 0 Å². The molecule has 7 heteroatoms. The highest BCUT2D eigenvalue weighted by Gasteiger charge is 2.18. The molecule has 2 amide bonds. The number of rotatable bonds is 5. The van der Waals surface area contributed by atoms with Gasteiger partial charge in [0.2, 0.25) is 5.91 Å². The number of nitrogens with two attached hydrogens (primary N) is 1. The topological polar surface area (TPSA) is 98.5 Å². The van der Waals surface area contributed by atoms with Crippen molar-refractivity contribution in [3.63, 3.8) is 0 Å². The van der Waals surface area contributed by atoms with Crippen molar-refractivity contribution in [2.75, 3.05) is 11.9 Å². The monoisotopic (exact) mass is 296 g/mol. The van der Waals surface area contributed by atoms with E-state index >= 15 is 0 Å². The number of hydrogen-bond acceptors (Lipinski definition) is 5. The van der Waals surface area contributed by atoms with E-state index in [9.17, 15) is 14.4 Å². The van der Waals surface area contributed by atoms with Gasteiger partial charge in [0.05, 0.1) is 12.2 Å². The fourth-order valence-corrected chi connectivity index (χ4v) is 2.57. The molecule has 0 fully saturated rings. The number of nitrogens with one attached hydrogen (secondary N) is 1. The number of carbonyl (C=O) groups excluding carboxylic acids is 3. The Morgan fingerprint density at radius 3 is 2.50 bits per heavy atom. The summed E-state index contributed by atoms with van der Waals surface area (Å²) in [5.74, 6) is -1.73. The first kappa shape index (κ1) is 15.9. The van der Waals surface area contributed by atoms with E-state index in [1.165, 1.54) is 11.3 Å². The molecule has 1 aromatic heterocycles. The Morgan fingerprint density at radius 1 is 1.30 bits per heavy atom. The number of carbonyl (C=O) groups is 3. The maximum absolute atomic E-state index is 11.7. The van der Waals surface area contributed by atoms with Crippen molar-refractivity contribution in [3.05, 3.63) is 28.2 Å². The van der Waals surface area contributed by atoms with E-state index < -0.39 is 17.8 Å². The molecule has 0 atom stereocenters. The zero-order valence-corrected chi connectivity index (χ0v) is 12.3. The molecular weight excluding hydrogens is 280 g/mol. The number of anilines is 1. The summed E-state index contributed by atoms with van der Waals surface area (Å²) in [7, 11) is 0. The smallest absolute Gasteiger partial charge is 0.330 e. The Morgan fingerprint density at radius 2 is 1.95 bits per heavy atom. The Hall–Kier alpha value is -2.15. The molecule has 0 aliphatic rings. The van der Waals surface area contributed by atoms with Crippen LogP contribution < -0.4 is 11.1 Å². The van der Waals surface area contributed by atoms with Gasteiger partial charge in [0.1, 0.15) is 5.00 Å². The number of amides is 2. The maximum Gasteiger partial charge on any atom is 0.330 e. The first-order valence-corrected chi connectivity index (χ1v) is 6.74. The number of primary amides is 1. The number of esters is 1. The van der Waals surface area contributed by atoms with E-state index in [2.05, 4.69) is 10.1 Å². The van der Waals surface area contributed by atoms with Gasteiger partial charge in [-0.25, -0.2) is 4.79 Å². The Balaban J connectivity index is 2.84. The van der Waals surface area contributed by atoms with Crippen molar-refractivity contribution in [2.45, 2.75) is 20.8 Å². The minimum absolute atomic E-state index is 0.236. The molecule has 0 aliphatic carbocycles. The average Bonchev–Trinajstić information content (AvgIpc) is 2.62. The molecule has 0 spiro atoms. The molecular formula is C13H16N2O4S. The van der Waals surface area contributed by atoms with Crippen LogP contribution >= 0.6 is 11.3 Å². The number of hydrogen-bond donors (Lipinski definition) is 2. The largest absolute Gasteiger partial charge is 0.463 e. The molecule has 1 aromatic rings. The molecule has 0 aliphatic heterocycles. The Bertz CT molecular complexity index is 575. The zero-order valence-electron chi connectivity index (χ0n) is 11.5. The van der Waals surface area contributed by atoms with Gasteiger partial charge in [-0.15, -0.1) is 11.3 Å². The van der Waals surface area contributed by atoms with Gasteiger partial charge in [-0.3, -0.25) is 9.59 Å². The van der Waals surface area contributed by atoms with Crippen LogP contribution in [0.4, 0.5) is 5.00 Å².